The molecule has 0 N–H and O–H groups in total. The normalized spacial score (nSPS) is 12.7. The molecule has 0 aliphatic carbocycles. The summed E-state index contributed by atoms with van der Waals surface area (Å²) in [6, 6.07) is 7.33. The van der Waals surface area contributed by atoms with Crippen LogP contribution in [0, 0.1) is 5.82 Å². The van der Waals surface area contributed by atoms with Crippen molar-refractivity contribution in [1.82, 2.24) is 0 Å². The van der Waals surface area contributed by atoms with Crippen molar-refractivity contribution in [2.75, 3.05) is 0 Å². The molecule has 1 unspecified atom stereocenters. The first-order valence-corrected chi connectivity index (χ1v) is 7.42. The number of alkyl halides is 1. The van der Waals surface area contributed by atoms with Crippen molar-refractivity contribution in [3.8, 4) is 0 Å². The van der Waals surface area contributed by atoms with Crippen LogP contribution in [0.25, 0.3) is 0 Å². The Kier molecular flexibility index (Phi) is 4.16. The zero-order valence-electron chi connectivity index (χ0n) is 8.29. The second-order valence-corrected chi connectivity index (χ2v) is 6.22. The van der Waals surface area contributed by atoms with E-state index in [4.69, 9.17) is 0 Å². The van der Waals surface area contributed by atoms with Crippen LogP contribution in [0.2, 0.25) is 0 Å². The van der Waals surface area contributed by atoms with E-state index in [1.165, 1.54) is 5.56 Å². The molecule has 1 aromatic carbocycles. The van der Waals surface area contributed by atoms with Crippen molar-refractivity contribution in [3.63, 3.8) is 0 Å². The van der Waals surface area contributed by atoms with E-state index in [9.17, 15) is 4.39 Å². The molecule has 0 aliphatic rings. The third-order valence-electron chi connectivity index (χ3n) is 2.30. The van der Waals surface area contributed by atoms with Gasteiger partial charge in [0.25, 0.3) is 0 Å². The number of hydrogen-bond donors (Lipinski definition) is 0. The summed E-state index contributed by atoms with van der Waals surface area (Å²) in [7, 11) is 0. The summed E-state index contributed by atoms with van der Waals surface area (Å²) in [5.41, 5.74) is 2.24. The first kappa shape index (κ1) is 12.3. The maximum atomic E-state index is 13.4. The van der Waals surface area contributed by atoms with E-state index in [2.05, 4.69) is 48.7 Å². The third kappa shape index (κ3) is 2.93. The maximum absolute atomic E-state index is 13.4. The molecule has 0 amide bonds. The van der Waals surface area contributed by atoms with Crippen LogP contribution in [0.5, 0.6) is 0 Å². The molecule has 1 heterocycles. The molecule has 2 aromatic rings. The van der Waals surface area contributed by atoms with E-state index in [1.807, 2.05) is 6.07 Å². The predicted molar refractivity (Wildman–Crippen MR) is 73.8 cm³/mol. The van der Waals surface area contributed by atoms with Gasteiger partial charge >= 0.3 is 0 Å². The molecule has 0 saturated heterocycles. The molecule has 0 aliphatic heterocycles. The highest BCUT2D eigenvalue weighted by molar-refractivity contribution is 9.10. The van der Waals surface area contributed by atoms with E-state index in [0.717, 1.165) is 12.0 Å². The van der Waals surface area contributed by atoms with Gasteiger partial charge in [-0.3, -0.25) is 0 Å². The summed E-state index contributed by atoms with van der Waals surface area (Å²) >= 11 is 8.42. The van der Waals surface area contributed by atoms with Crippen molar-refractivity contribution in [2.45, 2.75) is 11.2 Å². The molecule has 0 spiro atoms. The van der Waals surface area contributed by atoms with Gasteiger partial charge in [-0.2, -0.15) is 11.3 Å². The minimum absolute atomic E-state index is 0.157. The Morgan fingerprint density at radius 1 is 1.31 bits per heavy atom. The molecule has 84 valence electrons. The fraction of sp³-hybridized carbons (Fsp3) is 0.167. The molecule has 4 heteroatoms. The van der Waals surface area contributed by atoms with Crippen LogP contribution >= 0.6 is 43.2 Å². The van der Waals surface area contributed by atoms with E-state index < -0.39 is 0 Å². The summed E-state index contributed by atoms with van der Waals surface area (Å²) in [6.07, 6.45) is 0.880. The zero-order chi connectivity index (χ0) is 11.5. The zero-order valence-corrected chi connectivity index (χ0v) is 12.3. The average Bonchev–Trinajstić information content (AvgIpc) is 2.74. The lowest BCUT2D eigenvalue weighted by Gasteiger charge is -2.09. The van der Waals surface area contributed by atoms with E-state index in [-0.39, 0.29) is 10.6 Å². The molecular formula is C12H9Br2FS. The lowest BCUT2D eigenvalue weighted by atomic mass is 10.1. The van der Waals surface area contributed by atoms with Gasteiger partial charge in [-0.05, 0) is 62.4 Å². The molecule has 0 fully saturated rings. The van der Waals surface area contributed by atoms with Crippen LogP contribution < -0.4 is 0 Å². The SMILES string of the molecule is Fc1cc(C(Br)Cc2ccsc2)ccc1Br. The third-order valence-corrected chi connectivity index (χ3v) is 4.53. The van der Waals surface area contributed by atoms with Gasteiger partial charge in [0, 0.05) is 4.83 Å². The molecule has 2 rings (SSSR count). The van der Waals surface area contributed by atoms with E-state index >= 15 is 0 Å². The molecule has 1 atom stereocenters. The number of thiophene rings is 1. The van der Waals surface area contributed by atoms with Gasteiger partial charge < -0.3 is 0 Å². The fourth-order valence-corrected chi connectivity index (χ4v) is 3.03. The Balaban J connectivity index is 2.14. The van der Waals surface area contributed by atoms with Crippen LogP contribution in [0.1, 0.15) is 16.0 Å². The van der Waals surface area contributed by atoms with Gasteiger partial charge in [-0.25, -0.2) is 4.39 Å². The van der Waals surface area contributed by atoms with Crippen molar-refractivity contribution in [1.29, 1.82) is 0 Å². The second kappa shape index (κ2) is 5.43. The molecule has 0 radical (unpaired) electrons. The highest BCUT2D eigenvalue weighted by Crippen LogP contribution is 2.29. The summed E-state index contributed by atoms with van der Waals surface area (Å²) in [6.45, 7) is 0. The van der Waals surface area contributed by atoms with E-state index in [1.54, 1.807) is 23.5 Å². The van der Waals surface area contributed by atoms with Crippen molar-refractivity contribution in [3.05, 3.63) is 56.4 Å². The monoisotopic (exact) mass is 362 g/mol. The number of hydrogen-bond acceptors (Lipinski definition) is 1. The smallest absolute Gasteiger partial charge is 0.137 e. The Morgan fingerprint density at radius 2 is 2.12 bits per heavy atom. The second-order valence-electron chi connectivity index (χ2n) is 3.48. The number of halogens is 3. The first-order valence-electron chi connectivity index (χ1n) is 4.77. The predicted octanol–water partition coefficient (Wildman–Crippen LogP) is 5.33. The Morgan fingerprint density at radius 3 is 2.75 bits per heavy atom. The quantitative estimate of drug-likeness (QED) is 0.646. The number of benzene rings is 1. The molecule has 1 aromatic heterocycles. The molecule has 0 bridgehead atoms. The van der Waals surface area contributed by atoms with Crippen LogP contribution in [0.3, 0.4) is 0 Å². The Bertz CT molecular complexity index is 468. The summed E-state index contributed by atoms with van der Waals surface area (Å²) in [4.78, 5) is 0.157. The molecule has 0 nitrogen and oxygen atoms in total. The highest BCUT2D eigenvalue weighted by atomic mass is 79.9. The minimum atomic E-state index is -0.215. The standard InChI is InChI=1S/C12H9Br2FS/c13-10-2-1-9(6-12(10)15)11(14)5-8-3-4-16-7-8/h1-4,6-7,11H,5H2. The molecular weight excluding hydrogens is 355 g/mol. The van der Waals surface area contributed by atoms with Gasteiger partial charge in [0.2, 0.25) is 0 Å². The average molecular weight is 364 g/mol. The van der Waals surface area contributed by atoms with Crippen molar-refractivity contribution >= 4 is 43.2 Å². The fourth-order valence-electron chi connectivity index (χ4n) is 1.44. The van der Waals surface area contributed by atoms with Crippen LogP contribution in [0.4, 0.5) is 4.39 Å². The van der Waals surface area contributed by atoms with Crippen LogP contribution in [0.15, 0.2) is 39.5 Å². The topological polar surface area (TPSA) is 0 Å². The Labute approximate surface area is 115 Å². The lowest BCUT2D eigenvalue weighted by molar-refractivity contribution is 0.618. The van der Waals surface area contributed by atoms with Crippen LogP contribution in [-0.4, -0.2) is 0 Å². The highest BCUT2D eigenvalue weighted by Gasteiger charge is 2.10. The Hall–Kier alpha value is -0.190. The summed E-state index contributed by atoms with van der Waals surface area (Å²) in [5, 5.41) is 4.17. The minimum Gasteiger partial charge on any atom is -0.206 e. The summed E-state index contributed by atoms with van der Waals surface area (Å²) in [5.74, 6) is -0.215. The summed E-state index contributed by atoms with van der Waals surface area (Å²) < 4.78 is 13.9. The molecule has 0 saturated carbocycles. The van der Waals surface area contributed by atoms with Gasteiger partial charge in [0.05, 0.1) is 4.47 Å². The van der Waals surface area contributed by atoms with Gasteiger partial charge in [-0.1, -0.05) is 22.0 Å². The van der Waals surface area contributed by atoms with Gasteiger partial charge in [0.1, 0.15) is 5.82 Å². The maximum Gasteiger partial charge on any atom is 0.137 e. The van der Waals surface area contributed by atoms with Crippen molar-refractivity contribution < 1.29 is 4.39 Å². The first-order chi connectivity index (χ1) is 7.66. The molecule has 16 heavy (non-hydrogen) atoms. The van der Waals surface area contributed by atoms with Crippen LogP contribution in [-0.2, 0) is 6.42 Å². The largest absolute Gasteiger partial charge is 0.206 e. The number of rotatable bonds is 3. The van der Waals surface area contributed by atoms with Crippen molar-refractivity contribution in [2.24, 2.45) is 0 Å². The lowest BCUT2D eigenvalue weighted by Crippen LogP contribution is -1.95. The van der Waals surface area contributed by atoms with Gasteiger partial charge in [0.15, 0.2) is 0 Å². The van der Waals surface area contributed by atoms with Gasteiger partial charge in [-0.15, -0.1) is 0 Å². The van der Waals surface area contributed by atoms with E-state index in [0.29, 0.717) is 4.47 Å².